The Hall–Kier alpha value is -3.15. The van der Waals surface area contributed by atoms with E-state index in [-0.39, 0.29) is 5.91 Å². The molecule has 4 aromatic rings. The van der Waals surface area contributed by atoms with Crippen molar-refractivity contribution in [1.82, 2.24) is 24.7 Å². The molecule has 0 bridgehead atoms. The Morgan fingerprint density at radius 1 is 1.20 bits per heavy atom. The zero-order valence-electron chi connectivity index (χ0n) is 14.2. The first-order valence-electron chi connectivity index (χ1n) is 8.29. The lowest BCUT2D eigenvalue weighted by atomic mass is 10.3. The van der Waals surface area contributed by atoms with Crippen LogP contribution in [0.3, 0.4) is 0 Å². The maximum atomic E-state index is 12.6. The van der Waals surface area contributed by atoms with Crippen LogP contribution >= 0.6 is 0 Å². The molecule has 0 aliphatic heterocycles. The number of aryl methyl sites for hydroxylation is 2. The van der Waals surface area contributed by atoms with Crippen LogP contribution < -0.4 is 5.32 Å². The van der Waals surface area contributed by atoms with Gasteiger partial charge in [0.15, 0.2) is 0 Å². The molecule has 1 aromatic carbocycles. The lowest BCUT2D eigenvalue weighted by molar-refractivity contribution is 0.0947. The number of hydrogen-bond acceptors (Lipinski definition) is 3. The smallest absolute Gasteiger partial charge is 0.270 e. The average Bonchev–Trinajstić information content (AvgIpc) is 3.13. The number of pyridine rings is 1. The van der Waals surface area contributed by atoms with Gasteiger partial charge in [-0.2, -0.15) is 0 Å². The monoisotopic (exact) mass is 333 g/mol. The maximum Gasteiger partial charge on any atom is 0.270 e. The Balaban J connectivity index is 1.48. The molecule has 0 aliphatic carbocycles. The van der Waals surface area contributed by atoms with Gasteiger partial charge in [0.25, 0.3) is 5.91 Å². The van der Waals surface area contributed by atoms with Gasteiger partial charge in [-0.3, -0.25) is 9.20 Å². The van der Waals surface area contributed by atoms with Gasteiger partial charge in [0.05, 0.1) is 16.7 Å². The second-order valence-corrected chi connectivity index (χ2v) is 6.18. The van der Waals surface area contributed by atoms with Crippen LogP contribution in [0.25, 0.3) is 16.7 Å². The molecular formula is C19H19N5O. The summed E-state index contributed by atoms with van der Waals surface area (Å²) in [6.07, 6.45) is 2.54. The zero-order valence-corrected chi connectivity index (χ0v) is 14.2. The van der Waals surface area contributed by atoms with E-state index in [0.717, 1.165) is 33.8 Å². The minimum Gasteiger partial charge on any atom is -0.350 e. The van der Waals surface area contributed by atoms with E-state index in [1.165, 1.54) is 0 Å². The summed E-state index contributed by atoms with van der Waals surface area (Å²) in [5, 5.41) is 2.97. The second-order valence-electron chi connectivity index (χ2n) is 6.18. The van der Waals surface area contributed by atoms with Gasteiger partial charge in [0, 0.05) is 19.2 Å². The van der Waals surface area contributed by atoms with Crippen LogP contribution in [0.4, 0.5) is 0 Å². The second kappa shape index (κ2) is 6.05. The van der Waals surface area contributed by atoms with E-state index in [4.69, 9.17) is 0 Å². The van der Waals surface area contributed by atoms with Gasteiger partial charge in [-0.25, -0.2) is 9.97 Å². The Bertz CT molecular complexity index is 1040. The zero-order chi connectivity index (χ0) is 17.4. The van der Waals surface area contributed by atoms with Crippen molar-refractivity contribution in [2.75, 3.05) is 6.54 Å². The Labute approximate surface area is 144 Å². The first-order chi connectivity index (χ1) is 12.1. The summed E-state index contributed by atoms with van der Waals surface area (Å²) in [5.74, 6) is 0.747. The minimum atomic E-state index is -0.120. The molecule has 6 nitrogen and oxygen atoms in total. The van der Waals surface area contributed by atoms with Crippen LogP contribution in [0.1, 0.15) is 27.6 Å². The van der Waals surface area contributed by atoms with Gasteiger partial charge in [0.1, 0.15) is 17.2 Å². The van der Waals surface area contributed by atoms with E-state index in [0.29, 0.717) is 18.7 Å². The Morgan fingerprint density at radius 3 is 2.88 bits per heavy atom. The highest BCUT2D eigenvalue weighted by Crippen LogP contribution is 2.14. The number of nitrogens with zero attached hydrogens (tertiary/aromatic N) is 3. The highest BCUT2D eigenvalue weighted by atomic mass is 16.1. The normalized spacial score (nSPS) is 11.3. The molecule has 25 heavy (non-hydrogen) atoms. The molecule has 0 atom stereocenters. The predicted octanol–water partition coefficient (Wildman–Crippen LogP) is 2.80. The molecule has 1 amide bonds. The third kappa shape index (κ3) is 2.87. The van der Waals surface area contributed by atoms with Crippen LogP contribution in [0.5, 0.6) is 0 Å². The average molecular weight is 333 g/mol. The van der Waals surface area contributed by atoms with Crippen LogP contribution in [0.2, 0.25) is 0 Å². The third-order valence-corrected chi connectivity index (χ3v) is 4.26. The van der Waals surface area contributed by atoms with Crippen molar-refractivity contribution < 1.29 is 4.79 Å². The first-order valence-corrected chi connectivity index (χ1v) is 8.29. The van der Waals surface area contributed by atoms with E-state index in [2.05, 4.69) is 20.3 Å². The number of amides is 1. The van der Waals surface area contributed by atoms with Crippen molar-refractivity contribution in [1.29, 1.82) is 0 Å². The molecule has 0 spiro atoms. The number of nitrogens with one attached hydrogen (secondary N) is 2. The lowest BCUT2D eigenvalue weighted by Gasteiger charge is -2.05. The van der Waals surface area contributed by atoms with E-state index in [1.807, 2.05) is 60.8 Å². The molecule has 0 aliphatic rings. The highest BCUT2D eigenvalue weighted by molar-refractivity contribution is 5.94. The fraction of sp³-hybridized carbons (Fsp3) is 0.211. The summed E-state index contributed by atoms with van der Waals surface area (Å²) in [6, 6.07) is 11.8. The van der Waals surface area contributed by atoms with Crippen molar-refractivity contribution in [3.05, 3.63) is 65.4 Å². The van der Waals surface area contributed by atoms with Crippen molar-refractivity contribution in [3.63, 3.8) is 0 Å². The lowest BCUT2D eigenvalue weighted by Crippen LogP contribution is -2.27. The third-order valence-electron chi connectivity index (χ3n) is 4.26. The number of H-pyrrole nitrogens is 1. The molecule has 2 N–H and O–H groups in total. The summed E-state index contributed by atoms with van der Waals surface area (Å²) < 4.78 is 1.83. The molecule has 0 radical (unpaired) electrons. The fourth-order valence-corrected chi connectivity index (χ4v) is 3.04. The molecule has 0 fully saturated rings. The summed E-state index contributed by atoms with van der Waals surface area (Å²) >= 11 is 0. The quantitative estimate of drug-likeness (QED) is 0.603. The van der Waals surface area contributed by atoms with Crippen molar-refractivity contribution >= 4 is 22.6 Å². The molecule has 0 saturated carbocycles. The molecule has 126 valence electrons. The largest absolute Gasteiger partial charge is 0.350 e. The standard InChI is InChI=1S/C19H19N5O/c1-12-8-10-24-17(11-12)21-13(2)18(24)19(25)20-9-7-16-22-14-5-3-4-6-15(14)23-16/h3-6,8,10-11H,7,9H2,1-2H3,(H,20,25)(H,22,23). The first kappa shape index (κ1) is 15.4. The summed E-state index contributed by atoms with van der Waals surface area (Å²) in [7, 11) is 0. The molecule has 4 rings (SSSR count). The van der Waals surface area contributed by atoms with Gasteiger partial charge in [0.2, 0.25) is 0 Å². The molecule has 3 aromatic heterocycles. The highest BCUT2D eigenvalue weighted by Gasteiger charge is 2.16. The molecule has 6 heteroatoms. The number of rotatable bonds is 4. The van der Waals surface area contributed by atoms with E-state index in [1.54, 1.807) is 0 Å². The van der Waals surface area contributed by atoms with Crippen molar-refractivity contribution in [2.45, 2.75) is 20.3 Å². The topological polar surface area (TPSA) is 75.1 Å². The summed E-state index contributed by atoms with van der Waals surface area (Å²) in [5.41, 5.74) is 5.18. The number of para-hydroxylation sites is 2. The van der Waals surface area contributed by atoms with Gasteiger partial charge in [-0.15, -0.1) is 0 Å². The number of aromatic nitrogens is 4. The van der Waals surface area contributed by atoms with E-state index in [9.17, 15) is 4.79 Å². The number of hydrogen-bond donors (Lipinski definition) is 2. The van der Waals surface area contributed by atoms with Crippen LogP contribution in [-0.4, -0.2) is 31.8 Å². The van der Waals surface area contributed by atoms with Crippen LogP contribution in [0, 0.1) is 13.8 Å². The number of benzene rings is 1. The SMILES string of the molecule is Cc1ccn2c(C(=O)NCCc3nc4ccccc4[nH]3)c(C)nc2c1. The van der Waals surface area contributed by atoms with E-state index < -0.39 is 0 Å². The molecule has 3 heterocycles. The minimum absolute atomic E-state index is 0.120. The summed E-state index contributed by atoms with van der Waals surface area (Å²) in [4.78, 5) is 24.9. The fourth-order valence-electron chi connectivity index (χ4n) is 3.04. The van der Waals surface area contributed by atoms with Gasteiger partial charge >= 0.3 is 0 Å². The predicted molar refractivity (Wildman–Crippen MR) is 96.8 cm³/mol. The van der Waals surface area contributed by atoms with Crippen LogP contribution in [-0.2, 0) is 6.42 Å². The Morgan fingerprint density at radius 2 is 2.04 bits per heavy atom. The van der Waals surface area contributed by atoms with Crippen molar-refractivity contribution in [2.24, 2.45) is 0 Å². The van der Waals surface area contributed by atoms with Gasteiger partial charge in [-0.1, -0.05) is 12.1 Å². The Kier molecular flexibility index (Phi) is 3.72. The van der Waals surface area contributed by atoms with E-state index >= 15 is 0 Å². The number of aromatic amines is 1. The van der Waals surface area contributed by atoms with Crippen molar-refractivity contribution in [3.8, 4) is 0 Å². The number of carbonyl (C=O) groups excluding carboxylic acids is 1. The maximum absolute atomic E-state index is 12.6. The van der Waals surface area contributed by atoms with Gasteiger partial charge in [-0.05, 0) is 43.7 Å². The number of carbonyl (C=O) groups is 1. The summed E-state index contributed by atoms with van der Waals surface area (Å²) in [6.45, 7) is 4.38. The molecule has 0 saturated heterocycles. The molecular weight excluding hydrogens is 314 g/mol. The molecule has 0 unspecified atom stereocenters. The number of fused-ring (bicyclic) bond motifs is 2. The number of imidazole rings is 2. The van der Waals surface area contributed by atoms with Crippen LogP contribution in [0.15, 0.2) is 42.6 Å². The van der Waals surface area contributed by atoms with Gasteiger partial charge < -0.3 is 10.3 Å².